The molecule has 0 spiro atoms. The Morgan fingerprint density at radius 1 is 1.12 bits per heavy atom. The van der Waals surface area contributed by atoms with Crippen molar-refractivity contribution in [1.29, 1.82) is 5.26 Å². The van der Waals surface area contributed by atoms with Gasteiger partial charge in [-0.2, -0.15) is 5.26 Å². The van der Waals surface area contributed by atoms with Crippen LogP contribution in [0, 0.1) is 14.9 Å². The third kappa shape index (κ3) is 3.46. The van der Waals surface area contributed by atoms with Gasteiger partial charge in [0.1, 0.15) is 0 Å². The van der Waals surface area contributed by atoms with Crippen LogP contribution in [0.25, 0.3) is 0 Å². The molecule has 84 valence electrons. The van der Waals surface area contributed by atoms with E-state index in [9.17, 15) is 0 Å². The standard InChI is InChI=1S/C14H11IN2/c15-13-6-4-11(5-7-13)10-17-14-3-1-2-12(8-14)9-16/h1-8,17H,10H2. The minimum absolute atomic E-state index is 0.678. The number of hydrogen-bond donors (Lipinski definition) is 1. The van der Waals surface area contributed by atoms with Gasteiger partial charge in [0.2, 0.25) is 0 Å². The molecule has 0 aliphatic heterocycles. The second-order valence-corrected chi connectivity index (χ2v) is 4.92. The van der Waals surface area contributed by atoms with E-state index in [0.717, 1.165) is 12.2 Å². The van der Waals surface area contributed by atoms with Crippen LogP contribution in [0.15, 0.2) is 48.5 Å². The van der Waals surface area contributed by atoms with E-state index in [2.05, 4.69) is 58.2 Å². The Balaban J connectivity index is 2.02. The number of anilines is 1. The third-order valence-corrected chi connectivity index (χ3v) is 3.12. The summed E-state index contributed by atoms with van der Waals surface area (Å²) in [7, 11) is 0. The molecule has 0 saturated heterocycles. The molecule has 0 bridgehead atoms. The van der Waals surface area contributed by atoms with E-state index in [1.54, 1.807) is 6.07 Å². The molecule has 2 aromatic rings. The quantitative estimate of drug-likeness (QED) is 0.868. The molecule has 0 amide bonds. The molecule has 17 heavy (non-hydrogen) atoms. The zero-order valence-electron chi connectivity index (χ0n) is 9.15. The van der Waals surface area contributed by atoms with E-state index in [1.807, 2.05) is 18.2 Å². The predicted octanol–water partition coefficient (Wildman–Crippen LogP) is 3.77. The molecule has 0 aromatic heterocycles. The van der Waals surface area contributed by atoms with Crippen molar-refractivity contribution in [1.82, 2.24) is 0 Å². The number of rotatable bonds is 3. The number of nitrogens with one attached hydrogen (secondary N) is 1. The summed E-state index contributed by atoms with van der Waals surface area (Å²) in [6, 6.07) is 18.0. The van der Waals surface area contributed by atoms with Gasteiger partial charge in [0.15, 0.2) is 0 Å². The summed E-state index contributed by atoms with van der Waals surface area (Å²) in [5, 5.41) is 12.1. The first-order chi connectivity index (χ1) is 8.28. The Morgan fingerprint density at radius 2 is 1.88 bits per heavy atom. The molecule has 0 atom stereocenters. The van der Waals surface area contributed by atoms with E-state index < -0.39 is 0 Å². The molecular weight excluding hydrogens is 323 g/mol. The van der Waals surface area contributed by atoms with Crippen molar-refractivity contribution in [2.75, 3.05) is 5.32 Å². The Kier molecular flexibility index (Phi) is 3.99. The summed E-state index contributed by atoms with van der Waals surface area (Å²) < 4.78 is 1.23. The molecule has 0 heterocycles. The van der Waals surface area contributed by atoms with Crippen LogP contribution in [-0.2, 0) is 6.54 Å². The number of nitrogens with zero attached hydrogens (tertiary/aromatic N) is 1. The Labute approximate surface area is 114 Å². The molecule has 3 heteroatoms. The van der Waals surface area contributed by atoms with E-state index in [4.69, 9.17) is 5.26 Å². The summed E-state index contributed by atoms with van der Waals surface area (Å²) >= 11 is 2.29. The highest BCUT2D eigenvalue weighted by Crippen LogP contribution is 2.12. The summed E-state index contributed by atoms with van der Waals surface area (Å²) in [5.74, 6) is 0. The number of hydrogen-bond acceptors (Lipinski definition) is 2. The average Bonchev–Trinajstić information content (AvgIpc) is 2.38. The normalized spacial score (nSPS) is 9.65. The fourth-order valence-electron chi connectivity index (χ4n) is 1.51. The van der Waals surface area contributed by atoms with Crippen LogP contribution in [0.2, 0.25) is 0 Å². The van der Waals surface area contributed by atoms with Crippen molar-refractivity contribution in [3.05, 3.63) is 63.2 Å². The Bertz CT molecular complexity index is 541. The van der Waals surface area contributed by atoms with Crippen LogP contribution in [0.1, 0.15) is 11.1 Å². The zero-order valence-corrected chi connectivity index (χ0v) is 11.3. The minimum Gasteiger partial charge on any atom is -0.381 e. The first-order valence-corrected chi connectivity index (χ1v) is 6.34. The first kappa shape index (κ1) is 11.9. The lowest BCUT2D eigenvalue weighted by Crippen LogP contribution is -1.99. The van der Waals surface area contributed by atoms with Gasteiger partial charge < -0.3 is 5.32 Å². The van der Waals surface area contributed by atoms with Crippen molar-refractivity contribution in [3.8, 4) is 6.07 Å². The van der Waals surface area contributed by atoms with E-state index in [1.165, 1.54) is 9.13 Å². The highest BCUT2D eigenvalue weighted by atomic mass is 127. The van der Waals surface area contributed by atoms with Crippen molar-refractivity contribution in [2.24, 2.45) is 0 Å². The summed E-state index contributed by atoms with van der Waals surface area (Å²) in [6.45, 7) is 0.770. The summed E-state index contributed by atoms with van der Waals surface area (Å²) in [6.07, 6.45) is 0. The maximum atomic E-state index is 8.80. The lowest BCUT2D eigenvalue weighted by Gasteiger charge is -2.06. The lowest BCUT2D eigenvalue weighted by atomic mass is 10.2. The van der Waals surface area contributed by atoms with Gasteiger partial charge in [0.25, 0.3) is 0 Å². The van der Waals surface area contributed by atoms with E-state index >= 15 is 0 Å². The van der Waals surface area contributed by atoms with Gasteiger partial charge in [-0.25, -0.2) is 0 Å². The number of benzene rings is 2. The molecular formula is C14H11IN2. The fourth-order valence-corrected chi connectivity index (χ4v) is 1.86. The molecule has 2 rings (SSSR count). The van der Waals surface area contributed by atoms with Crippen LogP contribution >= 0.6 is 22.6 Å². The number of nitriles is 1. The maximum absolute atomic E-state index is 8.80. The molecule has 0 saturated carbocycles. The smallest absolute Gasteiger partial charge is 0.0992 e. The molecule has 0 aliphatic rings. The Hall–Kier alpha value is -1.54. The lowest BCUT2D eigenvalue weighted by molar-refractivity contribution is 1.15. The number of halogens is 1. The highest BCUT2D eigenvalue weighted by Gasteiger charge is 1.96. The van der Waals surface area contributed by atoms with Gasteiger partial charge in [-0.15, -0.1) is 0 Å². The predicted molar refractivity (Wildman–Crippen MR) is 77.6 cm³/mol. The minimum atomic E-state index is 0.678. The van der Waals surface area contributed by atoms with Crippen molar-refractivity contribution < 1.29 is 0 Å². The van der Waals surface area contributed by atoms with Crippen LogP contribution in [0.4, 0.5) is 5.69 Å². The summed E-state index contributed by atoms with van der Waals surface area (Å²) in [4.78, 5) is 0. The zero-order chi connectivity index (χ0) is 12.1. The van der Waals surface area contributed by atoms with Gasteiger partial charge in [0, 0.05) is 15.8 Å². The fraction of sp³-hybridized carbons (Fsp3) is 0.0714. The SMILES string of the molecule is N#Cc1cccc(NCc2ccc(I)cc2)c1. The van der Waals surface area contributed by atoms with Gasteiger partial charge >= 0.3 is 0 Å². The topological polar surface area (TPSA) is 35.8 Å². The Morgan fingerprint density at radius 3 is 2.59 bits per heavy atom. The van der Waals surface area contributed by atoms with Crippen LogP contribution in [0.5, 0.6) is 0 Å². The molecule has 2 aromatic carbocycles. The van der Waals surface area contributed by atoms with Gasteiger partial charge in [0.05, 0.1) is 11.6 Å². The van der Waals surface area contributed by atoms with E-state index in [-0.39, 0.29) is 0 Å². The molecule has 0 unspecified atom stereocenters. The third-order valence-electron chi connectivity index (χ3n) is 2.40. The van der Waals surface area contributed by atoms with Crippen molar-refractivity contribution >= 4 is 28.3 Å². The average molecular weight is 334 g/mol. The van der Waals surface area contributed by atoms with E-state index in [0.29, 0.717) is 5.56 Å². The monoisotopic (exact) mass is 334 g/mol. The summed E-state index contributed by atoms with van der Waals surface area (Å²) in [5.41, 5.74) is 2.88. The second kappa shape index (κ2) is 5.69. The van der Waals surface area contributed by atoms with Gasteiger partial charge in [-0.3, -0.25) is 0 Å². The largest absolute Gasteiger partial charge is 0.381 e. The molecule has 2 nitrogen and oxygen atoms in total. The van der Waals surface area contributed by atoms with Crippen molar-refractivity contribution in [3.63, 3.8) is 0 Å². The van der Waals surface area contributed by atoms with Crippen LogP contribution in [-0.4, -0.2) is 0 Å². The molecule has 0 fully saturated rings. The van der Waals surface area contributed by atoms with Crippen molar-refractivity contribution in [2.45, 2.75) is 6.54 Å². The maximum Gasteiger partial charge on any atom is 0.0992 e. The molecule has 0 aliphatic carbocycles. The second-order valence-electron chi connectivity index (χ2n) is 3.67. The van der Waals surface area contributed by atoms with Gasteiger partial charge in [-0.05, 0) is 58.5 Å². The van der Waals surface area contributed by atoms with Crippen LogP contribution < -0.4 is 5.32 Å². The first-order valence-electron chi connectivity index (χ1n) is 5.26. The van der Waals surface area contributed by atoms with Gasteiger partial charge in [-0.1, -0.05) is 18.2 Å². The molecule has 0 radical (unpaired) electrons. The van der Waals surface area contributed by atoms with Crippen LogP contribution in [0.3, 0.4) is 0 Å². The highest BCUT2D eigenvalue weighted by molar-refractivity contribution is 14.1. The molecule has 1 N–H and O–H groups in total.